The van der Waals surface area contributed by atoms with Crippen molar-refractivity contribution in [3.8, 4) is 21.8 Å². The molecule has 3 aromatic rings. The van der Waals surface area contributed by atoms with Crippen molar-refractivity contribution in [2.75, 3.05) is 14.1 Å². The zero-order valence-corrected chi connectivity index (χ0v) is 14.6. The van der Waals surface area contributed by atoms with E-state index in [0.29, 0.717) is 0 Å². The van der Waals surface area contributed by atoms with E-state index in [9.17, 15) is 8.42 Å². The van der Waals surface area contributed by atoms with Crippen LogP contribution in [0.3, 0.4) is 0 Å². The fourth-order valence-electron chi connectivity index (χ4n) is 2.07. The van der Waals surface area contributed by atoms with Gasteiger partial charge in [-0.2, -0.15) is 5.10 Å². The van der Waals surface area contributed by atoms with E-state index in [1.54, 1.807) is 35.1 Å². The fraction of sp³-hybridized carbons (Fsp3) is 0.200. The molecular formula is C15H16N4O2S2. The van der Waals surface area contributed by atoms with Crippen LogP contribution in [0, 0.1) is 0 Å². The zero-order valence-electron chi connectivity index (χ0n) is 13.0. The summed E-state index contributed by atoms with van der Waals surface area (Å²) in [4.78, 5) is 4.87. The van der Waals surface area contributed by atoms with Crippen molar-refractivity contribution >= 4 is 21.4 Å². The lowest BCUT2D eigenvalue weighted by Gasteiger charge is -2.11. The molecule has 2 aromatic heterocycles. The molecule has 0 unspecified atom stereocenters. The maximum atomic E-state index is 12.1. The normalized spacial score (nSPS) is 12.0. The molecule has 3 rings (SSSR count). The van der Waals surface area contributed by atoms with Crippen LogP contribution in [0.4, 0.5) is 0 Å². The number of thiazole rings is 1. The lowest BCUT2D eigenvalue weighted by Crippen LogP contribution is -2.22. The summed E-state index contributed by atoms with van der Waals surface area (Å²) in [5.41, 5.74) is 2.72. The van der Waals surface area contributed by atoms with Crippen molar-refractivity contribution in [2.45, 2.75) is 4.90 Å². The lowest BCUT2D eigenvalue weighted by atomic mass is 10.2. The second kappa shape index (κ2) is 5.88. The second-order valence-corrected chi connectivity index (χ2v) is 8.26. The highest BCUT2D eigenvalue weighted by Crippen LogP contribution is 2.29. The number of aromatic nitrogens is 3. The molecule has 0 saturated heterocycles. The van der Waals surface area contributed by atoms with Crippen molar-refractivity contribution in [3.63, 3.8) is 0 Å². The van der Waals surface area contributed by atoms with Crippen LogP contribution < -0.4 is 0 Å². The van der Waals surface area contributed by atoms with Gasteiger partial charge in [-0.15, -0.1) is 11.3 Å². The Labute approximate surface area is 139 Å². The molecular weight excluding hydrogens is 332 g/mol. The Kier molecular flexibility index (Phi) is 4.05. The maximum Gasteiger partial charge on any atom is 0.242 e. The summed E-state index contributed by atoms with van der Waals surface area (Å²) in [5.74, 6) is 0. The minimum atomic E-state index is -3.41. The van der Waals surface area contributed by atoms with Crippen LogP contribution in [-0.2, 0) is 17.1 Å². The summed E-state index contributed by atoms with van der Waals surface area (Å²) in [7, 11) is 1.49. The first-order valence-electron chi connectivity index (χ1n) is 6.85. The lowest BCUT2D eigenvalue weighted by molar-refractivity contribution is 0.521. The quantitative estimate of drug-likeness (QED) is 0.726. The molecule has 0 saturated carbocycles. The van der Waals surface area contributed by atoms with E-state index < -0.39 is 10.0 Å². The first-order valence-corrected chi connectivity index (χ1v) is 9.17. The van der Waals surface area contributed by atoms with Crippen LogP contribution in [-0.4, -0.2) is 41.6 Å². The third kappa shape index (κ3) is 3.05. The second-order valence-electron chi connectivity index (χ2n) is 5.25. The predicted octanol–water partition coefficient (Wildman–Crippen LogP) is 2.46. The molecule has 0 spiro atoms. The maximum absolute atomic E-state index is 12.1. The summed E-state index contributed by atoms with van der Waals surface area (Å²) in [6.45, 7) is 0. The average Bonchev–Trinajstić information content (AvgIpc) is 3.16. The van der Waals surface area contributed by atoms with Crippen molar-refractivity contribution in [1.82, 2.24) is 19.1 Å². The Bertz CT molecular complexity index is 925. The molecule has 0 amide bonds. The van der Waals surface area contributed by atoms with E-state index in [-0.39, 0.29) is 4.90 Å². The number of sulfonamides is 1. The van der Waals surface area contributed by atoms with Gasteiger partial charge < -0.3 is 0 Å². The highest BCUT2D eigenvalue weighted by atomic mass is 32.2. The Morgan fingerprint density at radius 1 is 1.13 bits per heavy atom. The molecule has 0 fully saturated rings. The summed E-state index contributed by atoms with van der Waals surface area (Å²) < 4.78 is 27.1. The molecule has 0 aliphatic heterocycles. The number of nitrogens with zero attached hydrogens (tertiary/aromatic N) is 4. The first kappa shape index (κ1) is 15.9. The highest BCUT2D eigenvalue weighted by Gasteiger charge is 2.17. The van der Waals surface area contributed by atoms with E-state index in [4.69, 9.17) is 0 Å². The average molecular weight is 348 g/mol. The van der Waals surface area contributed by atoms with Crippen LogP contribution in [0.15, 0.2) is 46.9 Å². The van der Waals surface area contributed by atoms with E-state index in [0.717, 1.165) is 21.8 Å². The molecule has 0 atom stereocenters. The van der Waals surface area contributed by atoms with Gasteiger partial charge in [0.2, 0.25) is 10.0 Å². The Morgan fingerprint density at radius 3 is 2.39 bits per heavy atom. The van der Waals surface area contributed by atoms with Crippen molar-refractivity contribution in [2.24, 2.45) is 7.05 Å². The Hall–Kier alpha value is -2.03. The molecule has 0 radical (unpaired) electrons. The number of benzene rings is 1. The summed E-state index contributed by atoms with van der Waals surface area (Å²) in [5, 5.41) is 6.95. The smallest absolute Gasteiger partial charge is 0.242 e. The molecule has 2 heterocycles. The zero-order chi connectivity index (χ0) is 16.6. The third-order valence-corrected chi connectivity index (χ3v) is 6.11. The van der Waals surface area contributed by atoms with Gasteiger partial charge in [-0.25, -0.2) is 17.7 Å². The van der Waals surface area contributed by atoms with Gasteiger partial charge in [0.25, 0.3) is 0 Å². The van der Waals surface area contributed by atoms with Gasteiger partial charge in [-0.05, 0) is 12.1 Å². The van der Waals surface area contributed by atoms with E-state index in [2.05, 4.69) is 10.1 Å². The summed E-state index contributed by atoms with van der Waals surface area (Å²) in [6, 6.07) is 6.77. The molecule has 0 aliphatic rings. The largest absolute Gasteiger partial charge is 0.275 e. The number of aryl methyl sites for hydroxylation is 1. The van der Waals surface area contributed by atoms with E-state index in [1.165, 1.54) is 29.7 Å². The van der Waals surface area contributed by atoms with Gasteiger partial charge in [0, 0.05) is 43.8 Å². The van der Waals surface area contributed by atoms with Gasteiger partial charge in [0.15, 0.2) is 0 Å². The van der Waals surface area contributed by atoms with Gasteiger partial charge >= 0.3 is 0 Å². The van der Waals surface area contributed by atoms with Gasteiger partial charge in [0.1, 0.15) is 5.01 Å². The van der Waals surface area contributed by atoms with Crippen molar-refractivity contribution < 1.29 is 8.42 Å². The monoisotopic (exact) mass is 348 g/mol. The van der Waals surface area contributed by atoms with Crippen molar-refractivity contribution in [3.05, 3.63) is 42.0 Å². The Morgan fingerprint density at radius 2 is 1.83 bits per heavy atom. The molecule has 120 valence electrons. The standard InChI is InChI=1S/C15H16N4O2S2/c1-18(2)23(20,21)13-6-4-11(5-7-13)15-17-14(10-22-15)12-8-16-19(3)9-12/h4-10H,1-3H3. The molecule has 0 aliphatic carbocycles. The molecule has 6 nitrogen and oxygen atoms in total. The molecule has 0 bridgehead atoms. The summed E-state index contributed by atoms with van der Waals surface area (Å²) in [6.07, 6.45) is 3.68. The van der Waals surface area contributed by atoms with Crippen LogP contribution in [0.25, 0.3) is 21.8 Å². The third-order valence-electron chi connectivity index (χ3n) is 3.38. The molecule has 0 N–H and O–H groups in total. The van der Waals surface area contributed by atoms with Crippen LogP contribution in [0.1, 0.15) is 0 Å². The molecule has 8 heteroatoms. The van der Waals surface area contributed by atoms with E-state index >= 15 is 0 Å². The Balaban J connectivity index is 1.90. The SMILES string of the molecule is CN(C)S(=O)(=O)c1ccc(-c2nc(-c3cnn(C)c3)cs2)cc1. The molecule has 23 heavy (non-hydrogen) atoms. The predicted molar refractivity (Wildman–Crippen MR) is 90.6 cm³/mol. The van der Waals surface area contributed by atoms with Crippen LogP contribution in [0.2, 0.25) is 0 Å². The minimum absolute atomic E-state index is 0.273. The highest BCUT2D eigenvalue weighted by molar-refractivity contribution is 7.89. The fourth-order valence-corrected chi connectivity index (χ4v) is 3.81. The van der Waals surface area contributed by atoms with Crippen LogP contribution >= 0.6 is 11.3 Å². The molecule has 1 aromatic carbocycles. The van der Waals surface area contributed by atoms with Gasteiger partial charge in [0.05, 0.1) is 16.8 Å². The van der Waals surface area contributed by atoms with E-state index in [1.807, 2.05) is 18.6 Å². The van der Waals surface area contributed by atoms with Crippen molar-refractivity contribution in [1.29, 1.82) is 0 Å². The topological polar surface area (TPSA) is 68.1 Å². The minimum Gasteiger partial charge on any atom is -0.275 e. The number of rotatable bonds is 4. The number of hydrogen-bond donors (Lipinski definition) is 0. The summed E-state index contributed by atoms with van der Waals surface area (Å²) >= 11 is 1.52. The first-order chi connectivity index (χ1) is 10.9. The number of hydrogen-bond acceptors (Lipinski definition) is 5. The van der Waals surface area contributed by atoms with Gasteiger partial charge in [-0.1, -0.05) is 12.1 Å². The van der Waals surface area contributed by atoms with Crippen LogP contribution in [0.5, 0.6) is 0 Å². The van der Waals surface area contributed by atoms with Gasteiger partial charge in [-0.3, -0.25) is 4.68 Å².